The molecule has 0 spiro atoms. The molecule has 0 heterocycles. The second-order valence-corrected chi connectivity index (χ2v) is 11.8. The minimum Gasteiger partial charge on any atom is -0.444 e. The highest BCUT2D eigenvalue weighted by Crippen LogP contribution is 2.16. The van der Waals surface area contributed by atoms with Crippen molar-refractivity contribution in [3.8, 4) is 0 Å². The van der Waals surface area contributed by atoms with E-state index in [2.05, 4.69) is 21.3 Å². The highest BCUT2D eigenvalue weighted by atomic mass is 16.6. The molecule has 0 saturated heterocycles. The number of ether oxygens (including phenoxy) is 1. The number of alkyl carbamates (subject to hydrolysis) is 1. The Hall–Kier alpha value is -3.67. The molecule has 1 aromatic carbocycles. The largest absolute Gasteiger partial charge is 0.444 e. The Labute approximate surface area is 242 Å². The number of primary amides is 1. The zero-order valence-corrected chi connectivity index (χ0v) is 25.2. The van der Waals surface area contributed by atoms with Crippen molar-refractivity contribution in [2.24, 2.45) is 17.6 Å². The number of nitrogens with two attached hydrogens (primary N) is 1. The van der Waals surface area contributed by atoms with Crippen molar-refractivity contribution in [2.75, 3.05) is 0 Å². The van der Waals surface area contributed by atoms with E-state index in [4.69, 9.17) is 10.5 Å². The fraction of sp³-hybridized carbons (Fsp3) is 0.621. The summed E-state index contributed by atoms with van der Waals surface area (Å²) in [6.07, 6.45) is -2.16. The van der Waals surface area contributed by atoms with Gasteiger partial charge in [0.05, 0.1) is 18.6 Å². The number of benzene rings is 1. The van der Waals surface area contributed by atoms with E-state index in [1.54, 1.807) is 34.6 Å². The van der Waals surface area contributed by atoms with E-state index in [1.165, 1.54) is 0 Å². The monoisotopic (exact) mass is 577 g/mol. The van der Waals surface area contributed by atoms with Gasteiger partial charge < -0.3 is 36.8 Å². The van der Waals surface area contributed by atoms with Gasteiger partial charge in [0, 0.05) is 12.5 Å². The summed E-state index contributed by atoms with van der Waals surface area (Å²) >= 11 is 0. The van der Waals surface area contributed by atoms with Crippen LogP contribution in [0.4, 0.5) is 4.79 Å². The Morgan fingerprint density at radius 2 is 1.49 bits per heavy atom. The van der Waals surface area contributed by atoms with Crippen LogP contribution in [0.5, 0.6) is 0 Å². The maximum Gasteiger partial charge on any atom is 0.408 e. The average Bonchev–Trinajstić information content (AvgIpc) is 2.85. The van der Waals surface area contributed by atoms with Crippen molar-refractivity contribution >= 4 is 29.7 Å². The van der Waals surface area contributed by atoms with Gasteiger partial charge in [-0.3, -0.25) is 19.2 Å². The molecule has 12 heteroatoms. The summed E-state index contributed by atoms with van der Waals surface area (Å²) in [4.78, 5) is 62.1. The lowest BCUT2D eigenvalue weighted by molar-refractivity contribution is -0.131. The predicted molar refractivity (Wildman–Crippen MR) is 154 cm³/mol. The number of aliphatic hydroxyl groups excluding tert-OH is 1. The van der Waals surface area contributed by atoms with Gasteiger partial charge in [0.2, 0.25) is 23.6 Å². The second kappa shape index (κ2) is 16.6. The lowest BCUT2D eigenvalue weighted by atomic mass is 9.92. The molecule has 0 radical (unpaired) electrons. The molecule has 0 aliphatic heterocycles. The van der Waals surface area contributed by atoms with Gasteiger partial charge in [0.25, 0.3) is 0 Å². The predicted octanol–water partition coefficient (Wildman–Crippen LogP) is 1.49. The van der Waals surface area contributed by atoms with E-state index in [0.717, 1.165) is 5.56 Å². The lowest BCUT2D eigenvalue weighted by Gasteiger charge is -2.29. The third kappa shape index (κ3) is 14.5. The molecule has 0 unspecified atom stereocenters. The van der Waals surface area contributed by atoms with Crippen molar-refractivity contribution in [1.82, 2.24) is 21.3 Å². The summed E-state index contributed by atoms with van der Waals surface area (Å²) in [5.74, 6) is -2.95. The number of hydrogen-bond donors (Lipinski definition) is 6. The van der Waals surface area contributed by atoms with Crippen LogP contribution < -0.4 is 27.0 Å². The van der Waals surface area contributed by atoms with Gasteiger partial charge in [0.1, 0.15) is 17.7 Å². The van der Waals surface area contributed by atoms with Crippen LogP contribution in [-0.2, 0) is 30.5 Å². The molecule has 0 saturated carbocycles. The van der Waals surface area contributed by atoms with E-state index in [-0.39, 0.29) is 18.2 Å². The molecule has 41 heavy (non-hydrogen) atoms. The van der Waals surface area contributed by atoms with E-state index >= 15 is 0 Å². The van der Waals surface area contributed by atoms with Crippen LogP contribution in [0.2, 0.25) is 0 Å². The molecule has 1 aromatic rings. The Bertz CT molecular complexity index is 1030. The molecule has 0 fully saturated rings. The Kier molecular flexibility index (Phi) is 14.3. The first-order valence-corrected chi connectivity index (χ1v) is 13.9. The first kappa shape index (κ1) is 35.4. The second-order valence-electron chi connectivity index (χ2n) is 11.8. The van der Waals surface area contributed by atoms with Gasteiger partial charge in [-0.1, -0.05) is 51.1 Å². The fourth-order valence-corrected chi connectivity index (χ4v) is 3.96. The van der Waals surface area contributed by atoms with Crippen LogP contribution in [0.15, 0.2) is 30.3 Å². The zero-order chi connectivity index (χ0) is 31.3. The standard InChI is InChI=1S/C29H47N5O7/c1-17(2)13-21(33-27(39)22(15-24(30)36)34-28(40)41-29(5,6)7)23(35)14-18(3)25(37)32-19(4)26(38)31-16-20-11-9-8-10-12-20/h8-12,17-19,21-23,35H,13-16H2,1-7H3,(H2,30,36)(H,31,38)(H,32,37)(H,33,39)(H,34,40)/t18-,19+,21+,22+,23+/m1/s1. The lowest BCUT2D eigenvalue weighted by Crippen LogP contribution is -2.55. The van der Waals surface area contributed by atoms with E-state index < -0.39 is 66.0 Å². The molecule has 0 aliphatic rings. The van der Waals surface area contributed by atoms with Crippen molar-refractivity contribution in [3.05, 3.63) is 35.9 Å². The molecule has 230 valence electrons. The number of amides is 5. The van der Waals surface area contributed by atoms with Crippen LogP contribution in [0, 0.1) is 11.8 Å². The third-order valence-corrected chi connectivity index (χ3v) is 6.03. The van der Waals surface area contributed by atoms with Crippen molar-refractivity contribution in [3.63, 3.8) is 0 Å². The number of carbonyl (C=O) groups is 5. The van der Waals surface area contributed by atoms with E-state index in [0.29, 0.717) is 13.0 Å². The molecule has 5 amide bonds. The van der Waals surface area contributed by atoms with Crippen LogP contribution in [0.1, 0.15) is 73.3 Å². The van der Waals surface area contributed by atoms with Gasteiger partial charge in [-0.05, 0) is 52.0 Å². The number of aliphatic hydroxyl groups is 1. The maximum absolute atomic E-state index is 13.1. The average molecular weight is 578 g/mol. The zero-order valence-electron chi connectivity index (χ0n) is 25.2. The SMILES string of the molecule is CC(C)C[C@H](NC(=O)[C@H](CC(N)=O)NC(=O)OC(C)(C)C)[C@@H](O)C[C@@H](C)C(=O)N[C@@H](C)C(=O)NCc1ccccc1. The van der Waals surface area contributed by atoms with E-state index in [1.807, 2.05) is 44.2 Å². The minimum absolute atomic E-state index is 0.0121. The molecule has 12 nitrogen and oxygen atoms in total. The van der Waals surface area contributed by atoms with Gasteiger partial charge in [0.15, 0.2) is 0 Å². The van der Waals surface area contributed by atoms with Gasteiger partial charge >= 0.3 is 6.09 Å². The van der Waals surface area contributed by atoms with Gasteiger partial charge in [-0.2, -0.15) is 0 Å². The highest BCUT2D eigenvalue weighted by Gasteiger charge is 2.31. The minimum atomic E-state index is -1.32. The molecule has 7 N–H and O–H groups in total. The van der Waals surface area contributed by atoms with Crippen LogP contribution in [-0.4, -0.2) is 64.7 Å². The Morgan fingerprint density at radius 1 is 0.878 bits per heavy atom. The van der Waals surface area contributed by atoms with Gasteiger partial charge in [-0.15, -0.1) is 0 Å². The molecular formula is C29H47N5O7. The van der Waals surface area contributed by atoms with Crippen LogP contribution in [0.3, 0.4) is 0 Å². The topological polar surface area (TPSA) is 189 Å². The highest BCUT2D eigenvalue weighted by molar-refractivity contribution is 5.91. The molecule has 0 aliphatic carbocycles. The smallest absolute Gasteiger partial charge is 0.408 e. The first-order chi connectivity index (χ1) is 19.0. The number of carbonyl (C=O) groups excluding carboxylic acids is 5. The molecule has 5 atom stereocenters. The summed E-state index contributed by atoms with van der Waals surface area (Å²) in [5, 5.41) is 21.5. The summed E-state index contributed by atoms with van der Waals surface area (Å²) in [5.41, 5.74) is 5.38. The van der Waals surface area contributed by atoms with Crippen molar-refractivity contribution in [1.29, 1.82) is 0 Å². The Balaban J connectivity index is 2.80. The third-order valence-electron chi connectivity index (χ3n) is 6.03. The summed E-state index contributed by atoms with van der Waals surface area (Å²) in [6, 6.07) is 6.45. The van der Waals surface area contributed by atoms with Gasteiger partial charge in [-0.25, -0.2) is 4.79 Å². The van der Waals surface area contributed by atoms with Crippen molar-refractivity contribution < 1.29 is 33.8 Å². The van der Waals surface area contributed by atoms with E-state index in [9.17, 15) is 29.1 Å². The molecule has 0 bridgehead atoms. The summed E-state index contributed by atoms with van der Waals surface area (Å²) in [7, 11) is 0. The van der Waals surface area contributed by atoms with Crippen LogP contribution >= 0.6 is 0 Å². The van der Waals surface area contributed by atoms with Crippen molar-refractivity contribution in [2.45, 2.75) is 104 Å². The summed E-state index contributed by atoms with van der Waals surface area (Å²) in [6.45, 7) is 12.3. The maximum atomic E-state index is 13.1. The first-order valence-electron chi connectivity index (χ1n) is 13.9. The molecule has 0 aromatic heterocycles. The Morgan fingerprint density at radius 3 is 2.02 bits per heavy atom. The normalized spacial score (nSPS) is 15.0. The summed E-state index contributed by atoms with van der Waals surface area (Å²) < 4.78 is 5.18. The number of hydrogen-bond acceptors (Lipinski definition) is 7. The van der Waals surface area contributed by atoms with Crippen LogP contribution in [0.25, 0.3) is 0 Å². The molecule has 1 rings (SSSR count). The quantitative estimate of drug-likeness (QED) is 0.182. The fourth-order valence-electron chi connectivity index (χ4n) is 3.96. The number of rotatable bonds is 15. The molecular weight excluding hydrogens is 530 g/mol. The number of nitrogens with one attached hydrogen (secondary N) is 4.